The van der Waals surface area contributed by atoms with Gasteiger partial charge in [0.15, 0.2) is 0 Å². The first kappa shape index (κ1) is 16.1. The van der Waals surface area contributed by atoms with Crippen LogP contribution in [0.25, 0.3) is 0 Å². The molecule has 2 unspecified atom stereocenters. The number of carbonyl (C=O) groups excluding carboxylic acids is 1. The van der Waals surface area contributed by atoms with Gasteiger partial charge in [0, 0.05) is 37.4 Å². The Hall–Kier alpha value is -1.32. The number of imidazole rings is 1. The summed E-state index contributed by atoms with van der Waals surface area (Å²) in [5, 5.41) is 0. The second-order valence-corrected chi connectivity index (χ2v) is 6.14. The Morgan fingerprint density at radius 3 is 2.62 bits per heavy atom. The molecule has 0 aromatic carbocycles. The lowest BCUT2D eigenvalue weighted by molar-refractivity contribution is -0.129. The number of likely N-dealkylation sites (tertiary alicyclic amines) is 1. The standard InChI is InChI=1S/C17H29N3O/c1-3-7-16(19-13-11-18-14-19)9-5-8-15(4-2)20-12-6-10-17(20)21/h11,13-16H,3-10,12H2,1-2H3. The number of rotatable bonds is 9. The van der Waals surface area contributed by atoms with E-state index in [0.29, 0.717) is 18.0 Å². The molecule has 0 aliphatic carbocycles. The molecule has 4 nitrogen and oxygen atoms in total. The topological polar surface area (TPSA) is 38.1 Å². The molecule has 4 heteroatoms. The smallest absolute Gasteiger partial charge is 0.222 e. The zero-order valence-corrected chi connectivity index (χ0v) is 13.5. The van der Waals surface area contributed by atoms with E-state index in [0.717, 1.165) is 32.2 Å². The van der Waals surface area contributed by atoms with Crippen molar-refractivity contribution < 1.29 is 4.79 Å². The van der Waals surface area contributed by atoms with Gasteiger partial charge >= 0.3 is 0 Å². The molecule has 0 radical (unpaired) electrons. The Morgan fingerprint density at radius 2 is 2.05 bits per heavy atom. The van der Waals surface area contributed by atoms with Crippen LogP contribution in [0.5, 0.6) is 0 Å². The molecule has 118 valence electrons. The zero-order valence-electron chi connectivity index (χ0n) is 13.5. The van der Waals surface area contributed by atoms with Crippen LogP contribution in [-0.4, -0.2) is 32.9 Å². The molecule has 1 amide bonds. The van der Waals surface area contributed by atoms with Crippen molar-refractivity contribution in [2.24, 2.45) is 0 Å². The molecule has 1 aromatic rings. The molecule has 1 aliphatic rings. The molecule has 1 aromatic heterocycles. The van der Waals surface area contributed by atoms with Gasteiger partial charge in [-0.1, -0.05) is 20.3 Å². The summed E-state index contributed by atoms with van der Waals surface area (Å²) < 4.78 is 2.24. The first-order valence-electron chi connectivity index (χ1n) is 8.53. The average Bonchev–Trinajstić information content (AvgIpc) is 3.14. The monoisotopic (exact) mass is 291 g/mol. The second-order valence-electron chi connectivity index (χ2n) is 6.14. The third-order valence-electron chi connectivity index (χ3n) is 4.67. The first-order chi connectivity index (χ1) is 10.3. The largest absolute Gasteiger partial charge is 0.340 e. The summed E-state index contributed by atoms with van der Waals surface area (Å²) in [7, 11) is 0. The van der Waals surface area contributed by atoms with Crippen LogP contribution in [0.1, 0.15) is 71.3 Å². The second kappa shape index (κ2) is 8.20. The number of amides is 1. The Kier molecular flexibility index (Phi) is 6.27. The SMILES string of the molecule is CCCC(CCCC(CC)N1CCCC1=O)n1ccnc1. The van der Waals surface area contributed by atoms with Crippen molar-refractivity contribution in [3.8, 4) is 0 Å². The fourth-order valence-corrected chi connectivity index (χ4v) is 3.49. The van der Waals surface area contributed by atoms with E-state index in [1.165, 1.54) is 25.7 Å². The zero-order chi connectivity index (χ0) is 15.1. The molecule has 2 atom stereocenters. The molecule has 1 aliphatic heterocycles. The lowest BCUT2D eigenvalue weighted by Crippen LogP contribution is -2.35. The molecule has 1 saturated heterocycles. The Bertz CT molecular complexity index is 416. The van der Waals surface area contributed by atoms with Crippen molar-refractivity contribution in [2.45, 2.75) is 77.3 Å². The molecular formula is C17H29N3O. The molecule has 0 N–H and O–H groups in total. The van der Waals surface area contributed by atoms with Gasteiger partial charge in [0.25, 0.3) is 0 Å². The minimum atomic E-state index is 0.363. The highest BCUT2D eigenvalue weighted by Gasteiger charge is 2.26. The van der Waals surface area contributed by atoms with Crippen LogP contribution in [0.2, 0.25) is 0 Å². The van der Waals surface area contributed by atoms with E-state index < -0.39 is 0 Å². The summed E-state index contributed by atoms with van der Waals surface area (Å²) in [4.78, 5) is 18.2. The van der Waals surface area contributed by atoms with Crippen molar-refractivity contribution in [1.82, 2.24) is 14.5 Å². The molecule has 0 spiro atoms. The number of carbonyl (C=O) groups is 1. The van der Waals surface area contributed by atoms with Crippen LogP contribution < -0.4 is 0 Å². The van der Waals surface area contributed by atoms with E-state index in [1.807, 2.05) is 12.5 Å². The predicted octanol–water partition coefficient (Wildman–Crippen LogP) is 3.80. The minimum absolute atomic E-state index is 0.363. The first-order valence-corrected chi connectivity index (χ1v) is 8.53. The summed E-state index contributed by atoms with van der Waals surface area (Å²) in [6.07, 6.45) is 14.7. The van der Waals surface area contributed by atoms with Gasteiger partial charge < -0.3 is 9.47 Å². The van der Waals surface area contributed by atoms with E-state index >= 15 is 0 Å². The van der Waals surface area contributed by atoms with Gasteiger partial charge in [-0.3, -0.25) is 4.79 Å². The fraction of sp³-hybridized carbons (Fsp3) is 0.765. The summed E-state index contributed by atoms with van der Waals surface area (Å²) in [5.74, 6) is 0.363. The molecular weight excluding hydrogens is 262 g/mol. The van der Waals surface area contributed by atoms with E-state index in [4.69, 9.17) is 0 Å². The lowest BCUT2D eigenvalue weighted by atomic mass is 10.00. The van der Waals surface area contributed by atoms with E-state index in [2.05, 4.69) is 34.5 Å². The van der Waals surface area contributed by atoms with Crippen molar-refractivity contribution in [2.75, 3.05) is 6.54 Å². The maximum absolute atomic E-state index is 11.9. The van der Waals surface area contributed by atoms with Crippen LogP contribution in [0.15, 0.2) is 18.7 Å². The Labute approximate surface area is 128 Å². The highest BCUT2D eigenvalue weighted by molar-refractivity contribution is 5.78. The molecule has 2 heterocycles. The van der Waals surface area contributed by atoms with Crippen molar-refractivity contribution in [3.63, 3.8) is 0 Å². The number of aromatic nitrogens is 2. The summed E-state index contributed by atoms with van der Waals surface area (Å²) in [6, 6.07) is 1.01. The van der Waals surface area contributed by atoms with Gasteiger partial charge in [-0.15, -0.1) is 0 Å². The van der Waals surface area contributed by atoms with Gasteiger partial charge in [0.2, 0.25) is 5.91 Å². The quantitative estimate of drug-likeness (QED) is 0.694. The minimum Gasteiger partial charge on any atom is -0.340 e. The van der Waals surface area contributed by atoms with Crippen LogP contribution >= 0.6 is 0 Å². The lowest BCUT2D eigenvalue weighted by Gasteiger charge is -2.27. The Balaban J connectivity index is 1.81. The van der Waals surface area contributed by atoms with Crippen LogP contribution in [0.3, 0.4) is 0 Å². The van der Waals surface area contributed by atoms with Gasteiger partial charge in [-0.2, -0.15) is 0 Å². The highest BCUT2D eigenvalue weighted by Crippen LogP contribution is 2.24. The third kappa shape index (κ3) is 4.32. The van der Waals surface area contributed by atoms with Crippen LogP contribution in [0, 0.1) is 0 Å². The average molecular weight is 291 g/mol. The van der Waals surface area contributed by atoms with Gasteiger partial charge in [0.1, 0.15) is 0 Å². The van der Waals surface area contributed by atoms with Gasteiger partial charge in [-0.05, 0) is 38.5 Å². The Morgan fingerprint density at radius 1 is 1.24 bits per heavy atom. The van der Waals surface area contributed by atoms with Crippen molar-refractivity contribution in [3.05, 3.63) is 18.7 Å². The number of hydrogen-bond donors (Lipinski definition) is 0. The summed E-state index contributed by atoms with van der Waals surface area (Å²) in [6.45, 7) is 5.41. The normalized spacial score (nSPS) is 18.2. The van der Waals surface area contributed by atoms with Crippen LogP contribution in [0.4, 0.5) is 0 Å². The number of hydrogen-bond acceptors (Lipinski definition) is 2. The highest BCUT2D eigenvalue weighted by atomic mass is 16.2. The predicted molar refractivity (Wildman–Crippen MR) is 85.0 cm³/mol. The fourth-order valence-electron chi connectivity index (χ4n) is 3.49. The molecule has 0 saturated carbocycles. The van der Waals surface area contributed by atoms with Crippen LogP contribution in [-0.2, 0) is 4.79 Å². The summed E-state index contributed by atoms with van der Waals surface area (Å²) in [5.41, 5.74) is 0. The van der Waals surface area contributed by atoms with Crippen molar-refractivity contribution >= 4 is 5.91 Å². The van der Waals surface area contributed by atoms with Gasteiger partial charge in [-0.25, -0.2) is 4.98 Å². The summed E-state index contributed by atoms with van der Waals surface area (Å²) >= 11 is 0. The van der Waals surface area contributed by atoms with E-state index in [-0.39, 0.29) is 0 Å². The molecule has 1 fully saturated rings. The third-order valence-corrected chi connectivity index (χ3v) is 4.67. The van der Waals surface area contributed by atoms with Crippen molar-refractivity contribution in [1.29, 1.82) is 0 Å². The molecule has 0 bridgehead atoms. The van der Waals surface area contributed by atoms with Gasteiger partial charge in [0.05, 0.1) is 6.33 Å². The van der Waals surface area contributed by atoms with E-state index in [1.54, 1.807) is 0 Å². The maximum atomic E-state index is 11.9. The molecule has 21 heavy (non-hydrogen) atoms. The molecule has 2 rings (SSSR count). The number of nitrogens with zero attached hydrogens (tertiary/aromatic N) is 3. The van der Waals surface area contributed by atoms with E-state index in [9.17, 15) is 4.79 Å². The maximum Gasteiger partial charge on any atom is 0.222 e.